The molecule has 0 unspecified atom stereocenters. The van der Waals surface area contributed by atoms with Crippen LogP contribution in [0.4, 0.5) is 0 Å². The van der Waals surface area contributed by atoms with E-state index in [1.807, 2.05) is 0 Å². The maximum absolute atomic E-state index is 3.85. The van der Waals surface area contributed by atoms with E-state index in [4.69, 9.17) is 0 Å². The van der Waals surface area contributed by atoms with Crippen molar-refractivity contribution in [3.63, 3.8) is 0 Å². The highest BCUT2D eigenvalue weighted by molar-refractivity contribution is 4.54. The van der Waals surface area contributed by atoms with Crippen LogP contribution in [-0.4, -0.2) is 25.0 Å². The molecule has 1 heteroatoms. The number of nitrogens with zero attached hydrogens (tertiary/aromatic N) is 1. The number of rotatable bonds is 10. The van der Waals surface area contributed by atoms with Gasteiger partial charge in [0.25, 0.3) is 0 Å². The van der Waals surface area contributed by atoms with Gasteiger partial charge in [-0.15, -0.1) is 0 Å². The van der Waals surface area contributed by atoms with Crippen molar-refractivity contribution in [2.24, 2.45) is 0 Å². The van der Waals surface area contributed by atoms with Gasteiger partial charge in [-0.2, -0.15) is 0 Å². The van der Waals surface area contributed by atoms with Gasteiger partial charge in [0.1, 0.15) is 0 Å². The zero-order valence-corrected chi connectivity index (χ0v) is 9.93. The molecule has 0 saturated carbocycles. The summed E-state index contributed by atoms with van der Waals surface area (Å²) in [7, 11) is 2.23. The van der Waals surface area contributed by atoms with Gasteiger partial charge in [0.05, 0.1) is 0 Å². The largest absolute Gasteiger partial charge is 0.306 e. The Morgan fingerprint density at radius 1 is 0.714 bits per heavy atom. The summed E-state index contributed by atoms with van der Waals surface area (Å²) in [5.74, 6) is 0. The van der Waals surface area contributed by atoms with Crippen LogP contribution in [0.3, 0.4) is 0 Å². The lowest BCUT2D eigenvalue weighted by molar-refractivity contribution is 0.316. The van der Waals surface area contributed by atoms with Crippen LogP contribution < -0.4 is 0 Å². The van der Waals surface area contributed by atoms with Crippen LogP contribution in [0.15, 0.2) is 0 Å². The Labute approximate surface area is 90.9 Å². The molecule has 0 aliphatic carbocycles. The third kappa shape index (κ3) is 10.0. The fourth-order valence-electron chi connectivity index (χ4n) is 1.58. The second kappa shape index (κ2) is 11.0. The van der Waals surface area contributed by atoms with Crippen LogP contribution in [0.5, 0.6) is 0 Å². The van der Waals surface area contributed by atoms with E-state index in [2.05, 4.69) is 25.8 Å². The predicted octanol–water partition coefficient (Wildman–Crippen LogP) is 3.71. The molecule has 2 radical (unpaired) electrons. The van der Waals surface area contributed by atoms with Crippen molar-refractivity contribution in [3.05, 3.63) is 13.8 Å². The SMILES string of the molecule is [CH2]CCCCCN(C)CCCCC[CH2]. The van der Waals surface area contributed by atoms with Crippen molar-refractivity contribution in [3.8, 4) is 0 Å². The second-order valence-corrected chi connectivity index (χ2v) is 4.13. The molecule has 0 amide bonds. The molecule has 0 aromatic heterocycles. The van der Waals surface area contributed by atoms with Crippen molar-refractivity contribution < 1.29 is 0 Å². The van der Waals surface area contributed by atoms with E-state index in [9.17, 15) is 0 Å². The van der Waals surface area contributed by atoms with Crippen molar-refractivity contribution in [1.29, 1.82) is 0 Å². The molecular formula is C13H27N. The molecule has 0 atom stereocenters. The molecule has 0 spiro atoms. The zero-order chi connectivity index (χ0) is 10.6. The Morgan fingerprint density at radius 2 is 1.14 bits per heavy atom. The highest BCUT2D eigenvalue weighted by Crippen LogP contribution is 2.03. The third-order valence-electron chi connectivity index (χ3n) is 2.58. The maximum atomic E-state index is 3.85. The summed E-state index contributed by atoms with van der Waals surface area (Å²) in [4.78, 5) is 2.45. The predicted molar refractivity (Wildman–Crippen MR) is 65.1 cm³/mol. The summed E-state index contributed by atoms with van der Waals surface area (Å²) in [5, 5.41) is 0. The normalized spacial score (nSPS) is 11.1. The number of unbranched alkanes of at least 4 members (excludes halogenated alkanes) is 6. The summed E-state index contributed by atoms with van der Waals surface area (Å²) in [6.45, 7) is 10.2. The zero-order valence-electron chi connectivity index (χ0n) is 9.93. The molecule has 0 aromatic carbocycles. The highest BCUT2D eigenvalue weighted by atomic mass is 15.1. The molecule has 0 bridgehead atoms. The van der Waals surface area contributed by atoms with Crippen LogP contribution in [0.25, 0.3) is 0 Å². The van der Waals surface area contributed by atoms with Gasteiger partial charge >= 0.3 is 0 Å². The molecule has 0 saturated heterocycles. The van der Waals surface area contributed by atoms with E-state index < -0.39 is 0 Å². The Hall–Kier alpha value is -0.0400. The number of hydrogen-bond donors (Lipinski definition) is 0. The second-order valence-electron chi connectivity index (χ2n) is 4.13. The maximum Gasteiger partial charge on any atom is -0.00218 e. The first-order valence-electron chi connectivity index (χ1n) is 6.08. The minimum Gasteiger partial charge on any atom is -0.306 e. The Bertz CT molecular complexity index is 89.4. The quantitative estimate of drug-likeness (QED) is 0.483. The summed E-state index contributed by atoms with van der Waals surface area (Å²) >= 11 is 0. The van der Waals surface area contributed by atoms with Gasteiger partial charge in [0.2, 0.25) is 0 Å². The monoisotopic (exact) mass is 197 g/mol. The van der Waals surface area contributed by atoms with Crippen LogP contribution >= 0.6 is 0 Å². The molecule has 0 fully saturated rings. The Kier molecular flexibility index (Phi) is 11.0. The van der Waals surface area contributed by atoms with Gasteiger partial charge in [0.15, 0.2) is 0 Å². The minimum absolute atomic E-state index is 1.09. The van der Waals surface area contributed by atoms with Gasteiger partial charge in [-0.05, 0) is 33.0 Å². The van der Waals surface area contributed by atoms with Gasteiger partial charge < -0.3 is 4.90 Å². The van der Waals surface area contributed by atoms with E-state index in [-0.39, 0.29) is 0 Å². The van der Waals surface area contributed by atoms with E-state index in [0.717, 1.165) is 12.8 Å². The molecule has 0 rings (SSSR count). The van der Waals surface area contributed by atoms with Gasteiger partial charge in [0, 0.05) is 0 Å². The summed E-state index contributed by atoms with van der Waals surface area (Å²) in [5.41, 5.74) is 0. The molecule has 0 aliphatic rings. The smallest absolute Gasteiger partial charge is 0.00218 e. The van der Waals surface area contributed by atoms with Gasteiger partial charge in [-0.3, -0.25) is 0 Å². The minimum atomic E-state index is 1.09. The first-order valence-corrected chi connectivity index (χ1v) is 6.08. The van der Waals surface area contributed by atoms with E-state index in [1.54, 1.807) is 0 Å². The van der Waals surface area contributed by atoms with E-state index >= 15 is 0 Å². The average Bonchev–Trinajstić information content (AvgIpc) is 2.19. The van der Waals surface area contributed by atoms with Gasteiger partial charge in [-0.1, -0.05) is 52.4 Å². The summed E-state index contributed by atoms with van der Waals surface area (Å²) in [6.07, 6.45) is 10.1. The molecule has 0 aromatic rings. The third-order valence-corrected chi connectivity index (χ3v) is 2.58. The molecule has 84 valence electrons. The van der Waals surface area contributed by atoms with Crippen LogP contribution in [0.2, 0.25) is 0 Å². The van der Waals surface area contributed by atoms with Gasteiger partial charge in [-0.25, -0.2) is 0 Å². The first-order chi connectivity index (χ1) is 6.81. The lowest BCUT2D eigenvalue weighted by Gasteiger charge is -2.15. The molecule has 1 nitrogen and oxygen atoms in total. The van der Waals surface area contributed by atoms with Crippen LogP contribution in [0, 0.1) is 13.8 Å². The molecule has 0 N–H and O–H groups in total. The Morgan fingerprint density at radius 3 is 1.50 bits per heavy atom. The summed E-state index contributed by atoms with van der Waals surface area (Å²) in [6, 6.07) is 0. The van der Waals surface area contributed by atoms with Crippen molar-refractivity contribution >= 4 is 0 Å². The average molecular weight is 197 g/mol. The van der Waals surface area contributed by atoms with Crippen molar-refractivity contribution in [1.82, 2.24) is 4.90 Å². The Balaban J connectivity index is 3.07. The summed E-state index contributed by atoms with van der Waals surface area (Å²) < 4.78 is 0. The van der Waals surface area contributed by atoms with E-state index in [1.165, 1.54) is 51.6 Å². The fourth-order valence-corrected chi connectivity index (χ4v) is 1.58. The standard InChI is InChI=1S/C13H27N/c1-4-6-8-10-12-14(3)13-11-9-7-5-2/h1-2,4-13H2,3H3. The molecule has 0 aliphatic heterocycles. The van der Waals surface area contributed by atoms with Crippen LogP contribution in [0.1, 0.15) is 51.4 Å². The lowest BCUT2D eigenvalue weighted by atomic mass is 10.2. The highest BCUT2D eigenvalue weighted by Gasteiger charge is 1.97. The lowest BCUT2D eigenvalue weighted by Crippen LogP contribution is -2.20. The molecular weight excluding hydrogens is 170 g/mol. The van der Waals surface area contributed by atoms with E-state index in [0.29, 0.717) is 0 Å². The van der Waals surface area contributed by atoms with Crippen molar-refractivity contribution in [2.75, 3.05) is 20.1 Å². The fraction of sp³-hybridized carbons (Fsp3) is 0.846. The topological polar surface area (TPSA) is 3.24 Å². The first kappa shape index (κ1) is 14.0. The molecule has 0 heterocycles. The van der Waals surface area contributed by atoms with Crippen LogP contribution in [-0.2, 0) is 0 Å². The van der Waals surface area contributed by atoms with Crippen molar-refractivity contribution in [2.45, 2.75) is 51.4 Å². The number of hydrogen-bond acceptors (Lipinski definition) is 1. The molecule has 14 heavy (non-hydrogen) atoms.